The van der Waals surface area contributed by atoms with Gasteiger partial charge in [0.25, 0.3) is 0 Å². The molecule has 1 aliphatic heterocycles. The summed E-state index contributed by atoms with van der Waals surface area (Å²) in [5.41, 5.74) is 0.246. The molecule has 1 heterocycles. The molecule has 1 aliphatic rings. The zero-order chi connectivity index (χ0) is 9.68. The Balaban J connectivity index is 2.17. The molecular weight excluding hydrogens is 186 g/mol. The van der Waals surface area contributed by atoms with Crippen LogP contribution in [0, 0.1) is 0 Å². The minimum absolute atomic E-state index is 0.246. The topological polar surface area (TPSA) is 49.3 Å². The van der Waals surface area contributed by atoms with Crippen molar-refractivity contribution in [2.75, 3.05) is 18.1 Å². The first-order valence-corrected chi connectivity index (χ1v) is 5.58. The van der Waals surface area contributed by atoms with E-state index in [0.717, 1.165) is 12.2 Å². The Morgan fingerprint density at radius 3 is 3.00 bits per heavy atom. The summed E-state index contributed by atoms with van der Waals surface area (Å²) < 4.78 is 0. The zero-order valence-corrected chi connectivity index (χ0v) is 8.40. The van der Waals surface area contributed by atoms with Gasteiger partial charge in [-0.25, -0.2) is 4.79 Å². The molecule has 0 aromatic carbocycles. The van der Waals surface area contributed by atoms with Crippen molar-refractivity contribution in [3.8, 4) is 0 Å². The van der Waals surface area contributed by atoms with Gasteiger partial charge < -0.3 is 10.4 Å². The van der Waals surface area contributed by atoms with Gasteiger partial charge in [0.15, 0.2) is 0 Å². The Hall–Kier alpha value is -0.480. The van der Waals surface area contributed by atoms with Crippen molar-refractivity contribution < 1.29 is 9.90 Å². The largest absolute Gasteiger partial charge is 0.478 e. The first kappa shape index (κ1) is 10.6. The van der Waals surface area contributed by atoms with Crippen molar-refractivity contribution in [2.45, 2.75) is 18.9 Å². The molecular formula is C9H15NO2S. The normalized spacial score (nSPS) is 22.6. The zero-order valence-electron chi connectivity index (χ0n) is 7.58. The van der Waals surface area contributed by atoms with Crippen molar-refractivity contribution in [1.29, 1.82) is 0 Å². The lowest BCUT2D eigenvalue weighted by molar-refractivity contribution is -0.132. The highest BCUT2D eigenvalue weighted by atomic mass is 32.2. The minimum atomic E-state index is -0.907. The number of rotatable bonds is 4. The highest BCUT2D eigenvalue weighted by Gasteiger charge is 2.13. The molecule has 0 bridgehead atoms. The van der Waals surface area contributed by atoms with Crippen molar-refractivity contribution in [1.82, 2.24) is 5.32 Å². The van der Waals surface area contributed by atoms with Crippen LogP contribution < -0.4 is 5.32 Å². The second kappa shape index (κ2) is 5.29. The van der Waals surface area contributed by atoms with Gasteiger partial charge in [-0.3, -0.25) is 0 Å². The van der Waals surface area contributed by atoms with E-state index in [0.29, 0.717) is 12.6 Å². The second-order valence-corrected chi connectivity index (χ2v) is 4.35. The minimum Gasteiger partial charge on any atom is -0.478 e. The fraction of sp³-hybridized carbons (Fsp3) is 0.667. The van der Waals surface area contributed by atoms with Crippen LogP contribution in [0.2, 0.25) is 0 Å². The summed E-state index contributed by atoms with van der Waals surface area (Å²) in [5.74, 6) is 1.42. The number of carbonyl (C=O) groups is 1. The van der Waals surface area contributed by atoms with Crippen molar-refractivity contribution in [2.24, 2.45) is 0 Å². The van der Waals surface area contributed by atoms with E-state index in [4.69, 9.17) is 5.11 Å². The van der Waals surface area contributed by atoms with Gasteiger partial charge in [0.1, 0.15) is 0 Å². The predicted octanol–water partition coefficient (Wildman–Crippen LogP) is 1.11. The summed E-state index contributed by atoms with van der Waals surface area (Å²) in [6, 6.07) is 0.467. The number of nitrogens with one attached hydrogen (secondary N) is 1. The molecule has 0 aliphatic carbocycles. The summed E-state index contributed by atoms with van der Waals surface area (Å²) in [4.78, 5) is 10.4. The molecule has 74 valence electrons. The maximum Gasteiger partial charge on any atom is 0.332 e. The molecule has 1 atom stereocenters. The number of carboxylic acid groups (broad SMARTS) is 1. The fourth-order valence-corrected chi connectivity index (χ4v) is 2.35. The van der Waals surface area contributed by atoms with Crippen LogP contribution in [0.25, 0.3) is 0 Å². The first-order chi connectivity index (χ1) is 6.20. The lowest BCUT2D eigenvalue weighted by Gasteiger charge is -2.22. The SMILES string of the molecule is C=C(CNC1CCCSC1)C(=O)O. The van der Waals surface area contributed by atoms with Gasteiger partial charge >= 0.3 is 5.97 Å². The third kappa shape index (κ3) is 3.83. The molecule has 3 nitrogen and oxygen atoms in total. The molecule has 1 unspecified atom stereocenters. The van der Waals surface area contributed by atoms with Crippen LogP contribution in [0.15, 0.2) is 12.2 Å². The van der Waals surface area contributed by atoms with Gasteiger partial charge in [0.2, 0.25) is 0 Å². The molecule has 0 radical (unpaired) electrons. The van der Waals surface area contributed by atoms with Crippen molar-refractivity contribution in [3.63, 3.8) is 0 Å². The van der Waals surface area contributed by atoms with E-state index in [9.17, 15) is 4.79 Å². The molecule has 1 rings (SSSR count). The Bertz CT molecular complexity index is 200. The molecule has 13 heavy (non-hydrogen) atoms. The summed E-state index contributed by atoms with van der Waals surface area (Å²) in [6.45, 7) is 3.87. The van der Waals surface area contributed by atoms with E-state index in [1.54, 1.807) is 0 Å². The molecule has 1 fully saturated rings. The predicted molar refractivity (Wildman–Crippen MR) is 55.1 cm³/mol. The third-order valence-corrected chi connectivity index (χ3v) is 3.28. The molecule has 4 heteroatoms. The molecule has 1 saturated heterocycles. The lowest BCUT2D eigenvalue weighted by Crippen LogP contribution is -2.35. The average molecular weight is 201 g/mol. The van der Waals surface area contributed by atoms with Crippen LogP contribution in [-0.2, 0) is 4.79 Å². The molecule has 0 aromatic rings. The smallest absolute Gasteiger partial charge is 0.332 e. The van der Waals surface area contributed by atoms with Gasteiger partial charge in [-0.2, -0.15) is 11.8 Å². The highest BCUT2D eigenvalue weighted by molar-refractivity contribution is 7.99. The van der Waals surface area contributed by atoms with Crippen molar-refractivity contribution >= 4 is 17.7 Å². The van der Waals surface area contributed by atoms with Gasteiger partial charge in [0.05, 0.1) is 0 Å². The van der Waals surface area contributed by atoms with Crippen molar-refractivity contribution in [3.05, 3.63) is 12.2 Å². The summed E-state index contributed by atoms with van der Waals surface area (Å²) in [7, 11) is 0. The number of thioether (sulfide) groups is 1. The second-order valence-electron chi connectivity index (χ2n) is 3.20. The number of carboxylic acids is 1. The van der Waals surface area contributed by atoms with Gasteiger partial charge in [0, 0.05) is 23.9 Å². The number of hydrogen-bond acceptors (Lipinski definition) is 3. The quantitative estimate of drug-likeness (QED) is 0.669. The lowest BCUT2D eigenvalue weighted by atomic mass is 10.2. The van der Waals surface area contributed by atoms with E-state index in [1.165, 1.54) is 12.2 Å². The monoisotopic (exact) mass is 201 g/mol. The standard InChI is InChI=1S/C9H15NO2S/c1-7(9(11)12)5-10-8-3-2-4-13-6-8/h8,10H,1-6H2,(H,11,12). The maximum atomic E-state index is 10.4. The van der Waals surface area contributed by atoms with Gasteiger partial charge in [-0.05, 0) is 18.6 Å². The van der Waals surface area contributed by atoms with E-state index >= 15 is 0 Å². The van der Waals surface area contributed by atoms with E-state index < -0.39 is 5.97 Å². The first-order valence-electron chi connectivity index (χ1n) is 4.42. The van der Waals surface area contributed by atoms with Crippen LogP contribution in [0.3, 0.4) is 0 Å². The van der Waals surface area contributed by atoms with Crippen LogP contribution in [0.4, 0.5) is 0 Å². The average Bonchev–Trinajstić information content (AvgIpc) is 2.15. The van der Waals surface area contributed by atoms with E-state index in [2.05, 4.69) is 11.9 Å². The summed E-state index contributed by atoms with van der Waals surface area (Å²) >= 11 is 1.92. The Morgan fingerprint density at radius 2 is 2.46 bits per heavy atom. The van der Waals surface area contributed by atoms with E-state index in [-0.39, 0.29) is 5.57 Å². The molecule has 0 aromatic heterocycles. The van der Waals surface area contributed by atoms with Crippen LogP contribution in [0.1, 0.15) is 12.8 Å². The van der Waals surface area contributed by atoms with Crippen LogP contribution >= 0.6 is 11.8 Å². The molecule has 0 spiro atoms. The Kier molecular flexibility index (Phi) is 4.32. The maximum absolute atomic E-state index is 10.4. The Labute approximate surface area is 82.6 Å². The highest BCUT2D eigenvalue weighted by Crippen LogP contribution is 2.16. The van der Waals surface area contributed by atoms with Crippen LogP contribution in [-0.4, -0.2) is 35.2 Å². The number of aliphatic carboxylic acids is 1. The molecule has 0 saturated carbocycles. The molecule has 2 N–H and O–H groups in total. The van der Waals surface area contributed by atoms with Crippen LogP contribution in [0.5, 0.6) is 0 Å². The molecule has 0 amide bonds. The van der Waals surface area contributed by atoms with Gasteiger partial charge in [-0.15, -0.1) is 0 Å². The van der Waals surface area contributed by atoms with Gasteiger partial charge in [-0.1, -0.05) is 6.58 Å². The van der Waals surface area contributed by atoms with E-state index in [1.807, 2.05) is 11.8 Å². The Morgan fingerprint density at radius 1 is 1.69 bits per heavy atom. The summed E-state index contributed by atoms with van der Waals surface area (Å²) in [5, 5.41) is 11.8. The number of hydrogen-bond donors (Lipinski definition) is 2. The third-order valence-electron chi connectivity index (χ3n) is 2.07. The summed E-state index contributed by atoms with van der Waals surface area (Å²) in [6.07, 6.45) is 2.38. The fourth-order valence-electron chi connectivity index (χ4n) is 1.24.